The number of aromatic nitrogens is 3. The highest BCUT2D eigenvalue weighted by atomic mass is 35.5. The quantitative estimate of drug-likeness (QED) is 0.229. The Bertz CT molecular complexity index is 1700. The van der Waals surface area contributed by atoms with Crippen LogP contribution < -0.4 is 25.4 Å². The van der Waals surface area contributed by atoms with Crippen LogP contribution in [0.5, 0.6) is 11.5 Å². The number of hydrogen-bond donors (Lipinski definition) is 3. The van der Waals surface area contributed by atoms with Crippen molar-refractivity contribution in [2.45, 2.75) is 32.4 Å². The number of nitrogens with one attached hydrogen (secondary N) is 3. The smallest absolute Gasteiger partial charge is 0.320 e. The zero-order valence-corrected chi connectivity index (χ0v) is 27.2. The molecule has 0 radical (unpaired) electrons. The van der Waals surface area contributed by atoms with Crippen molar-refractivity contribution in [2.24, 2.45) is 0 Å². The Morgan fingerprint density at radius 1 is 1.02 bits per heavy atom. The van der Waals surface area contributed by atoms with Gasteiger partial charge in [-0.3, -0.25) is 10.2 Å². The van der Waals surface area contributed by atoms with Crippen LogP contribution in [0.1, 0.15) is 20.8 Å². The van der Waals surface area contributed by atoms with E-state index in [4.69, 9.17) is 37.7 Å². The van der Waals surface area contributed by atoms with Crippen LogP contribution in [0.3, 0.4) is 0 Å². The third-order valence-electron chi connectivity index (χ3n) is 7.50. The highest BCUT2D eigenvalue weighted by molar-refractivity contribution is 6.39. The van der Waals surface area contributed by atoms with E-state index in [1.165, 1.54) is 0 Å². The van der Waals surface area contributed by atoms with E-state index < -0.39 is 11.6 Å². The van der Waals surface area contributed by atoms with Gasteiger partial charge in [-0.25, -0.2) is 14.8 Å². The standard InChI is InChI=1S/C32H36Cl2N8O3/c1-32(2,3)40-31(43)39-29-22(27-23(33)6-5-7-24(27)34)14-19-16-35-30(38-28(19)37-29)36-20-8-9-25-26(15-20)44-18-21(45-25)17-42-12-10-41(4)11-13-42/h5-9,14-16,21H,10-13,17-18H2,1-4H3,(H3,35,36,37,38,39,40,43). The molecule has 2 amide bonds. The first-order valence-electron chi connectivity index (χ1n) is 14.8. The molecule has 0 spiro atoms. The van der Waals surface area contributed by atoms with E-state index in [1.807, 2.05) is 45.0 Å². The Morgan fingerprint density at radius 2 is 1.78 bits per heavy atom. The summed E-state index contributed by atoms with van der Waals surface area (Å²) in [6, 6.07) is 12.3. The van der Waals surface area contributed by atoms with E-state index in [1.54, 1.807) is 24.4 Å². The minimum atomic E-state index is -0.461. The van der Waals surface area contributed by atoms with Crippen LogP contribution in [0.25, 0.3) is 22.2 Å². The maximum atomic E-state index is 12.9. The minimum absolute atomic E-state index is 0.0200. The third kappa shape index (κ3) is 7.50. The molecule has 1 fully saturated rings. The second kappa shape index (κ2) is 12.8. The lowest BCUT2D eigenvalue weighted by atomic mass is 10.0. The summed E-state index contributed by atoms with van der Waals surface area (Å²) in [5, 5.41) is 10.5. The summed E-state index contributed by atoms with van der Waals surface area (Å²) in [5.41, 5.74) is 1.73. The molecule has 0 aliphatic carbocycles. The minimum Gasteiger partial charge on any atom is -0.486 e. The number of piperazine rings is 1. The fraction of sp³-hybridized carbons (Fsp3) is 0.375. The first kappa shape index (κ1) is 31.1. The molecule has 4 heterocycles. The SMILES string of the molecule is CN1CCN(CC2COc3cc(Nc4ncc5cc(-c6c(Cl)cccc6Cl)c(NC(=O)NC(C)(C)C)nc5n4)ccc3O2)CC1. The predicted molar refractivity (Wildman–Crippen MR) is 178 cm³/mol. The highest BCUT2D eigenvalue weighted by Gasteiger charge is 2.26. The van der Waals surface area contributed by atoms with Crippen molar-refractivity contribution in [1.29, 1.82) is 0 Å². The molecule has 236 valence electrons. The van der Waals surface area contributed by atoms with Crippen LogP contribution in [-0.4, -0.2) is 88.8 Å². The van der Waals surface area contributed by atoms with Crippen molar-refractivity contribution in [3.05, 3.63) is 58.7 Å². The first-order valence-corrected chi connectivity index (χ1v) is 15.6. The lowest BCUT2D eigenvalue weighted by molar-refractivity contribution is 0.0441. The van der Waals surface area contributed by atoms with Crippen molar-refractivity contribution in [3.63, 3.8) is 0 Å². The number of halogens is 2. The number of carbonyl (C=O) groups excluding carboxylic acids is 1. The van der Waals surface area contributed by atoms with Crippen molar-refractivity contribution in [2.75, 3.05) is 57.0 Å². The van der Waals surface area contributed by atoms with E-state index in [0.29, 0.717) is 56.3 Å². The van der Waals surface area contributed by atoms with E-state index in [9.17, 15) is 4.79 Å². The lowest BCUT2D eigenvalue weighted by Gasteiger charge is -2.36. The molecule has 11 nitrogen and oxygen atoms in total. The van der Waals surface area contributed by atoms with Gasteiger partial charge in [-0.2, -0.15) is 4.98 Å². The van der Waals surface area contributed by atoms with Crippen molar-refractivity contribution in [3.8, 4) is 22.6 Å². The molecule has 1 unspecified atom stereocenters. The third-order valence-corrected chi connectivity index (χ3v) is 8.13. The molecule has 13 heteroatoms. The zero-order chi connectivity index (χ0) is 31.7. The summed E-state index contributed by atoms with van der Waals surface area (Å²) in [5.74, 6) is 1.95. The number of ether oxygens (including phenoxy) is 2. The van der Waals surface area contributed by atoms with Gasteiger partial charge in [0.1, 0.15) is 18.5 Å². The topological polar surface area (TPSA) is 117 Å². The Morgan fingerprint density at radius 3 is 2.51 bits per heavy atom. The van der Waals surface area contributed by atoms with Crippen LogP contribution in [-0.2, 0) is 0 Å². The Hall–Kier alpha value is -3.90. The predicted octanol–water partition coefficient (Wildman–Crippen LogP) is 6.05. The number of likely N-dealkylation sites (N-methyl/N-ethyl adjacent to an activating group) is 1. The summed E-state index contributed by atoms with van der Waals surface area (Å²) in [6.45, 7) is 11.2. The van der Waals surface area contributed by atoms with Gasteiger partial charge in [-0.15, -0.1) is 0 Å². The number of fused-ring (bicyclic) bond motifs is 2. The Balaban J connectivity index is 1.23. The van der Waals surface area contributed by atoms with Crippen LogP contribution in [0.2, 0.25) is 10.0 Å². The number of carbonyl (C=O) groups is 1. The molecule has 3 N–H and O–H groups in total. The molecule has 1 atom stereocenters. The maximum Gasteiger partial charge on any atom is 0.320 e. The second-order valence-corrected chi connectivity index (χ2v) is 13.2. The lowest BCUT2D eigenvalue weighted by Crippen LogP contribution is -2.49. The number of amides is 2. The fourth-order valence-electron chi connectivity index (χ4n) is 5.27. The number of hydrogen-bond acceptors (Lipinski definition) is 9. The molecule has 2 aliphatic rings. The van der Waals surface area contributed by atoms with E-state index in [0.717, 1.165) is 38.4 Å². The number of benzene rings is 2. The van der Waals surface area contributed by atoms with E-state index in [2.05, 4.69) is 42.8 Å². The summed E-state index contributed by atoms with van der Waals surface area (Å²) in [4.78, 5) is 31.5. The Labute approximate surface area is 272 Å². The molecule has 0 saturated carbocycles. The molecule has 6 rings (SSSR count). The average molecular weight is 652 g/mol. The second-order valence-electron chi connectivity index (χ2n) is 12.4. The van der Waals surface area contributed by atoms with Crippen LogP contribution >= 0.6 is 23.2 Å². The molecule has 2 aromatic carbocycles. The van der Waals surface area contributed by atoms with Gasteiger partial charge in [-0.05, 0) is 58.2 Å². The Kier molecular flexibility index (Phi) is 8.87. The van der Waals surface area contributed by atoms with Gasteiger partial charge in [0.15, 0.2) is 17.1 Å². The molecule has 45 heavy (non-hydrogen) atoms. The molecular formula is C32H36Cl2N8O3. The van der Waals surface area contributed by atoms with Gasteiger partial charge >= 0.3 is 6.03 Å². The average Bonchev–Trinajstić information content (AvgIpc) is 2.97. The summed E-state index contributed by atoms with van der Waals surface area (Å²) in [6.07, 6.45) is 1.64. The van der Waals surface area contributed by atoms with Gasteiger partial charge in [0.25, 0.3) is 0 Å². The number of rotatable bonds is 6. The van der Waals surface area contributed by atoms with Crippen LogP contribution in [0, 0.1) is 0 Å². The molecule has 2 aliphatic heterocycles. The monoisotopic (exact) mass is 650 g/mol. The largest absolute Gasteiger partial charge is 0.486 e. The van der Waals surface area contributed by atoms with Gasteiger partial charge < -0.3 is 25.0 Å². The van der Waals surface area contributed by atoms with Gasteiger partial charge in [-0.1, -0.05) is 29.3 Å². The maximum absolute atomic E-state index is 12.9. The number of pyridine rings is 1. The number of nitrogens with zero attached hydrogens (tertiary/aromatic N) is 5. The molecule has 4 aromatic rings. The van der Waals surface area contributed by atoms with E-state index in [-0.39, 0.29) is 11.9 Å². The summed E-state index contributed by atoms with van der Waals surface area (Å²) >= 11 is 13.1. The number of anilines is 3. The first-order chi connectivity index (χ1) is 21.5. The molecule has 1 saturated heterocycles. The van der Waals surface area contributed by atoms with Gasteiger partial charge in [0, 0.05) is 72.7 Å². The normalized spacial score (nSPS) is 17.2. The molecule has 2 aromatic heterocycles. The van der Waals surface area contributed by atoms with Crippen LogP contribution in [0.15, 0.2) is 48.7 Å². The molecular weight excluding hydrogens is 615 g/mol. The fourth-order valence-corrected chi connectivity index (χ4v) is 5.87. The summed E-state index contributed by atoms with van der Waals surface area (Å²) < 4.78 is 12.3. The van der Waals surface area contributed by atoms with Crippen molar-refractivity contribution in [1.82, 2.24) is 30.1 Å². The van der Waals surface area contributed by atoms with Gasteiger partial charge in [0.05, 0.1) is 10.0 Å². The van der Waals surface area contributed by atoms with Gasteiger partial charge in [0.2, 0.25) is 5.95 Å². The molecule has 0 bridgehead atoms. The number of urea groups is 1. The van der Waals surface area contributed by atoms with Crippen LogP contribution in [0.4, 0.5) is 22.2 Å². The van der Waals surface area contributed by atoms with Crippen molar-refractivity contribution >= 4 is 57.7 Å². The highest BCUT2D eigenvalue weighted by Crippen LogP contribution is 2.40. The summed E-state index contributed by atoms with van der Waals surface area (Å²) in [7, 11) is 2.15. The van der Waals surface area contributed by atoms with Crippen molar-refractivity contribution < 1.29 is 14.3 Å². The zero-order valence-electron chi connectivity index (χ0n) is 25.7. The van der Waals surface area contributed by atoms with E-state index >= 15 is 0 Å².